The molecule has 0 saturated carbocycles. The first-order valence-electron chi connectivity index (χ1n) is 10.2. The van der Waals surface area contributed by atoms with Crippen molar-refractivity contribution in [1.82, 2.24) is 9.66 Å². The topological polar surface area (TPSA) is 92.0 Å². The van der Waals surface area contributed by atoms with Gasteiger partial charge in [-0.15, -0.1) is 0 Å². The van der Waals surface area contributed by atoms with Crippen LogP contribution in [-0.2, 0) is 9.53 Å². The van der Waals surface area contributed by atoms with Crippen LogP contribution in [0.2, 0.25) is 0 Å². The zero-order valence-electron chi connectivity index (χ0n) is 18.9. The second kappa shape index (κ2) is 11.5. The number of carbonyl (C=O) groups excluding carboxylic acids is 1. The Morgan fingerprint density at radius 3 is 2.59 bits per heavy atom. The molecule has 0 aliphatic heterocycles. The minimum absolute atomic E-state index is 0.0108. The Kier molecular flexibility index (Phi) is 8.89. The Balaban J connectivity index is 2.12. The number of nitrogens with zero attached hydrogens (tertiary/aromatic N) is 3. The number of aromatic nitrogens is 2. The molecule has 3 aromatic rings. The van der Waals surface area contributed by atoms with Gasteiger partial charge in [-0.2, -0.15) is 9.78 Å². The van der Waals surface area contributed by atoms with E-state index in [0.717, 1.165) is 10.9 Å². The molecule has 0 N–H and O–H groups in total. The average molecular weight is 660 g/mol. The van der Waals surface area contributed by atoms with Gasteiger partial charge in [-0.3, -0.25) is 4.79 Å². The lowest BCUT2D eigenvalue weighted by molar-refractivity contribution is -0.142. The van der Waals surface area contributed by atoms with Gasteiger partial charge in [-0.05, 0) is 62.5 Å². The second-order valence-corrected chi connectivity index (χ2v) is 9.79. The number of fused-ring (bicyclic) bond motifs is 1. The minimum atomic E-state index is -0.525. The second-order valence-electron chi connectivity index (χ2n) is 7.29. The van der Waals surface area contributed by atoms with Crippen LogP contribution in [0.25, 0.3) is 10.9 Å². The molecule has 0 amide bonds. The first-order valence-corrected chi connectivity index (χ1v) is 12.6. The molecule has 1 aromatic heterocycles. The highest BCUT2D eigenvalue weighted by molar-refractivity contribution is 9.13. The fourth-order valence-corrected chi connectivity index (χ4v) is 4.37. The first-order chi connectivity index (χ1) is 16.2. The van der Waals surface area contributed by atoms with E-state index >= 15 is 0 Å². The van der Waals surface area contributed by atoms with Crippen molar-refractivity contribution in [2.45, 2.75) is 26.2 Å². The van der Waals surface area contributed by atoms with E-state index in [4.69, 9.17) is 14.5 Å². The minimum Gasteiger partial charge on any atom is -0.493 e. The Morgan fingerprint density at radius 2 is 1.94 bits per heavy atom. The zero-order chi connectivity index (χ0) is 25.0. The van der Waals surface area contributed by atoms with Gasteiger partial charge in [0.1, 0.15) is 5.82 Å². The molecule has 3 rings (SSSR count). The van der Waals surface area contributed by atoms with Crippen molar-refractivity contribution in [2.75, 3.05) is 20.8 Å². The van der Waals surface area contributed by atoms with E-state index in [1.807, 2.05) is 26.0 Å². The van der Waals surface area contributed by atoms with Crippen LogP contribution in [0.4, 0.5) is 0 Å². The predicted molar refractivity (Wildman–Crippen MR) is 141 cm³/mol. The Morgan fingerprint density at radius 1 is 1.21 bits per heavy atom. The summed E-state index contributed by atoms with van der Waals surface area (Å²) in [5, 5.41) is 4.96. The van der Waals surface area contributed by atoms with E-state index in [0.29, 0.717) is 42.7 Å². The van der Waals surface area contributed by atoms with Gasteiger partial charge in [0, 0.05) is 20.4 Å². The number of methoxy groups -OCH3 is 2. The van der Waals surface area contributed by atoms with E-state index in [-0.39, 0.29) is 18.1 Å². The maximum absolute atomic E-state index is 13.3. The van der Waals surface area contributed by atoms with E-state index < -0.39 is 5.97 Å². The highest BCUT2D eigenvalue weighted by atomic mass is 79.9. The number of hydrogen-bond acceptors (Lipinski definition) is 7. The van der Waals surface area contributed by atoms with Crippen LogP contribution in [0.1, 0.15) is 37.6 Å². The van der Waals surface area contributed by atoms with Crippen molar-refractivity contribution < 1.29 is 19.0 Å². The molecule has 0 saturated heterocycles. The number of hydrogen-bond donors (Lipinski definition) is 0. The zero-order valence-corrected chi connectivity index (χ0v) is 23.7. The normalized spacial score (nSPS) is 12.2. The third-order valence-electron chi connectivity index (χ3n) is 5.14. The number of ether oxygens (including phenoxy) is 3. The van der Waals surface area contributed by atoms with Gasteiger partial charge in [-0.1, -0.05) is 29.8 Å². The Labute approximate surface area is 221 Å². The molecule has 8 nitrogen and oxygen atoms in total. The summed E-state index contributed by atoms with van der Waals surface area (Å²) in [4.78, 5) is 29.5. The summed E-state index contributed by atoms with van der Waals surface area (Å²) in [6.07, 6.45) is 2.33. The number of rotatable bonds is 8. The van der Waals surface area contributed by atoms with E-state index in [1.165, 1.54) is 18.9 Å². The molecule has 1 heterocycles. The molecular formula is C23H22Br3N3O5. The summed E-state index contributed by atoms with van der Waals surface area (Å²) in [7, 11) is 2.77. The third kappa shape index (κ3) is 5.52. The standard InChI is InChI=1S/C23H22Br3N3O5/c1-5-12(2)22-28-16-7-6-14(24)9-15(16)23(31)29(22)27-10-13-8-17(32-3)21(20(26)19(13)25)34-11-18(30)33-4/h6-10,12H,5,11H2,1-4H3/t12-/m1/s1. The molecule has 1 atom stereocenters. The van der Waals surface area contributed by atoms with Gasteiger partial charge >= 0.3 is 5.97 Å². The monoisotopic (exact) mass is 657 g/mol. The molecule has 0 bridgehead atoms. The lowest BCUT2D eigenvalue weighted by Crippen LogP contribution is -2.23. The van der Waals surface area contributed by atoms with Crippen LogP contribution in [-0.4, -0.2) is 42.7 Å². The molecule has 0 radical (unpaired) electrons. The van der Waals surface area contributed by atoms with Crippen molar-refractivity contribution in [3.63, 3.8) is 0 Å². The van der Waals surface area contributed by atoms with Crippen LogP contribution in [0.5, 0.6) is 11.5 Å². The predicted octanol–water partition coefficient (Wildman–Crippen LogP) is 5.64. The molecule has 0 aliphatic carbocycles. The molecular weight excluding hydrogens is 638 g/mol. The number of halogens is 3. The summed E-state index contributed by atoms with van der Waals surface area (Å²) in [6.45, 7) is 3.75. The lowest BCUT2D eigenvalue weighted by atomic mass is 10.1. The van der Waals surface area contributed by atoms with E-state index in [9.17, 15) is 9.59 Å². The molecule has 0 aliphatic rings. The maximum atomic E-state index is 13.3. The van der Waals surface area contributed by atoms with Crippen LogP contribution >= 0.6 is 47.8 Å². The van der Waals surface area contributed by atoms with Crippen molar-refractivity contribution >= 4 is 70.9 Å². The molecule has 34 heavy (non-hydrogen) atoms. The third-order valence-corrected chi connectivity index (χ3v) is 7.77. The number of carbonyl (C=O) groups is 1. The van der Waals surface area contributed by atoms with Gasteiger partial charge in [0.25, 0.3) is 5.56 Å². The van der Waals surface area contributed by atoms with Gasteiger partial charge in [0.05, 0.1) is 35.8 Å². The lowest BCUT2D eigenvalue weighted by Gasteiger charge is -2.15. The van der Waals surface area contributed by atoms with Gasteiger partial charge < -0.3 is 14.2 Å². The van der Waals surface area contributed by atoms with Crippen LogP contribution in [0.15, 0.2) is 47.6 Å². The maximum Gasteiger partial charge on any atom is 0.343 e. The molecule has 2 aromatic carbocycles. The molecule has 11 heteroatoms. The smallest absolute Gasteiger partial charge is 0.343 e. The van der Waals surface area contributed by atoms with Crippen molar-refractivity contribution in [2.24, 2.45) is 5.10 Å². The summed E-state index contributed by atoms with van der Waals surface area (Å²) in [5.41, 5.74) is 0.969. The quantitative estimate of drug-likeness (QED) is 0.230. The fraction of sp³-hybridized carbons (Fsp3) is 0.304. The molecule has 0 unspecified atom stereocenters. The number of esters is 1. The van der Waals surface area contributed by atoms with Gasteiger partial charge in [0.15, 0.2) is 18.1 Å². The van der Waals surface area contributed by atoms with Gasteiger partial charge in [0.2, 0.25) is 0 Å². The fourth-order valence-electron chi connectivity index (χ4n) is 3.07. The summed E-state index contributed by atoms with van der Waals surface area (Å²) >= 11 is 10.4. The SMILES string of the molecule is CC[C@@H](C)c1nc2ccc(Br)cc2c(=O)n1N=Cc1cc(OC)c(OCC(=O)OC)c(Br)c1Br. The van der Waals surface area contributed by atoms with Crippen LogP contribution in [0, 0.1) is 0 Å². The van der Waals surface area contributed by atoms with Crippen molar-refractivity contribution in [3.05, 3.63) is 59.4 Å². The average Bonchev–Trinajstić information content (AvgIpc) is 2.84. The number of benzene rings is 2. The van der Waals surface area contributed by atoms with E-state index in [1.54, 1.807) is 18.3 Å². The highest BCUT2D eigenvalue weighted by Gasteiger charge is 2.19. The van der Waals surface area contributed by atoms with E-state index in [2.05, 4.69) is 57.6 Å². The van der Waals surface area contributed by atoms with Crippen molar-refractivity contribution in [3.8, 4) is 11.5 Å². The molecule has 180 valence electrons. The summed E-state index contributed by atoms with van der Waals surface area (Å²) < 4.78 is 18.9. The molecule has 0 fully saturated rings. The van der Waals surface area contributed by atoms with Crippen molar-refractivity contribution in [1.29, 1.82) is 0 Å². The largest absolute Gasteiger partial charge is 0.493 e. The Bertz CT molecular complexity index is 1320. The van der Waals surface area contributed by atoms with Crippen LogP contribution < -0.4 is 15.0 Å². The summed E-state index contributed by atoms with van der Waals surface area (Å²) in [5.74, 6) is 0.751. The summed E-state index contributed by atoms with van der Waals surface area (Å²) in [6, 6.07) is 7.09. The highest BCUT2D eigenvalue weighted by Crippen LogP contribution is 2.42. The Hall–Kier alpha value is -2.24. The first kappa shape index (κ1) is 26.4. The van der Waals surface area contributed by atoms with Gasteiger partial charge in [-0.25, -0.2) is 9.78 Å². The van der Waals surface area contributed by atoms with Crippen LogP contribution in [0.3, 0.4) is 0 Å². The molecule has 0 spiro atoms.